The van der Waals surface area contributed by atoms with Gasteiger partial charge in [0.2, 0.25) is 15.9 Å². The zero-order chi connectivity index (χ0) is 24.3. The molecule has 7 nitrogen and oxygen atoms in total. The Balaban J connectivity index is 1.30. The summed E-state index contributed by atoms with van der Waals surface area (Å²) in [5.74, 6) is 0.234. The summed E-state index contributed by atoms with van der Waals surface area (Å²) in [6.07, 6.45) is 5.92. The van der Waals surface area contributed by atoms with E-state index >= 15 is 0 Å². The molecule has 3 aromatic rings. The highest BCUT2D eigenvalue weighted by atomic mass is 32.2. The standard InChI is InChI=1S/C25H29FN4O3S/c1-17(18-3-9-21(26)10-4-18)28-25(31)20-5-11-22(12-6-20)29-34(32,33)23-13-7-19(8-14-23)24-27-15-16-30(24)2/h3-4,7-10,13-17,20,22,29H,5-6,11-12H2,1-2H3,(H,28,31)/t17-,20?,22?/m1/s1. The predicted octanol–water partition coefficient (Wildman–Crippen LogP) is 3.94. The number of rotatable bonds is 7. The van der Waals surface area contributed by atoms with Crippen molar-refractivity contribution >= 4 is 15.9 Å². The second-order valence-corrected chi connectivity index (χ2v) is 10.6. The molecule has 34 heavy (non-hydrogen) atoms. The molecule has 2 N–H and O–H groups in total. The lowest BCUT2D eigenvalue weighted by molar-refractivity contribution is -0.126. The molecule has 1 amide bonds. The molecule has 0 saturated heterocycles. The third-order valence-corrected chi connectivity index (χ3v) is 7.93. The van der Waals surface area contributed by atoms with Gasteiger partial charge in [-0.25, -0.2) is 22.5 Å². The smallest absolute Gasteiger partial charge is 0.240 e. The Morgan fingerprint density at radius 1 is 1.06 bits per heavy atom. The zero-order valence-corrected chi connectivity index (χ0v) is 20.1. The molecular weight excluding hydrogens is 455 g/mol. The summed E-state index contributed by atoms with van der Waals surface area (Å²) in [5, 5.41) is 2.99. The van der Waals surface area contributed by atoms with Crippen molar-refractivity contribution in [3.63, 3.8) is 0 Å². The number of carbonyl (C=O) groups is 1. The Bertz CT molecular complexity index is 1230. The summed E-state index contributed by atoms with van der Waals surface area (Å²) in [7, 11) is -1.78. The lowest BCUT2D eigenvalue weighted by atomic mass is 9.85. The number of benzene rings is 2. The number of hydrogen-bond acceptors (Lipinski definition) is 4. The first kappa shape index (κ1) is 24.1. The maximum absolute atomic E-state index is 13.1. The molecule has 1 aliphatic rings. The molecule has 0 aliphatic heterocycles. The SMILES string of the molecule is C[C@@H](NC(=O)C1CCC(NS(=O)(=O)c2ccc(-c3nccn3C)cc2)CC1)c1ccc(F)cc1. The van der Waals surface area contributed by atoms with E-state index in [1.54, 1.807) is 42.6 Å². The Labute approximate surface area is 199 Å². The molecule has 1 saturated carbocycles. The van der Waals surface area contributed by atoms with Crippen molar-refractivity contribution < 1.29 is 17.6 Å². The van der Waals surface area contributed by atoms with Gasteiger partial charge >= 0.3 is 0 Å². The maximum atomic E-state index is 13.1. The topological polar surface area (TPSA) is 93.1 Å². The minimum atomic E-state index is -3.66. The van der Waals surface area contributed by atoms with Crippen LogP contribution in [-0.4, -0.2) is 29.9 Å². The van der Waals surface area contributed by atoms with Gasteiger partial charge in [0.15, 0.2) is 0 Å². The van der Waals surface area contributed by atoms with Gasteiger partial charge in [-0.15, -0.1) is 0 Å². The molecule has 1 atom stereocenters. The van der Waals surface area contributed by atoms with Crippen LogP contribution >= 0.6 is 0 Å². The lowest BCUT2D eigenvalue weighted by Gasteiger charge is -2.29. The predicted molar refractivity (Wildman–Crippen MR) is 128 cm³/mol. The van der Waals surface area contributed by atoms with E-state index in [-0.39, 0.29) is 34.6 Å². The number of sulfonamides is 1. The molecular formula is C25H29FN4O3S. The highest BCUT2D eigenvalue weighted by molar-refractivity contribution is 7.89. The van der Waals surface area contributed by atoms with E-state index in [2.05, 4.69) is 15.0 Å². The Morgan fingerprint density at radius 2 is 1.71 bits per heavy atom. The molecule has 2 aromatic carbocycles. The average Bonchev–Trinajstić information content (AvgIpc) is 3.25. The van der Waals surface area contributed by atoms with E-state index in [0.717, 1.165) is 17.0 Å². The number of nitrogens with one attached hydrogen (secondary N) is 2. The first-order valence-electron chi connectivity index (χ1n) is 11.4. The zero-order valence-electron chi connectivity index (χ0n) is 19.2. The Kier molecular flexibility index (Phi) is 7.13. The molecule has 1 aromatic heterocycles. The lowest BCUT2D eigenvalue weighted by Crippen LogP contribution is -2.41. The van der Waals surface area contributed by atoms with Crippen LogP contribution in [0.3, 0.4) is 0 Å². The largest absolute Gasteiger partial charge is 0.349 e. The summed E-state index contributed by atoms with van der Waals surface area (Å²) < 4.78 is 43.5. The van der Waals surface area contributed by atoms with Crippen LogP contribution in [0.15, 0.2) is 65.8 Å². The van der Waals surface area contributed by atoms with E-state index in [0.29, 0.717) is 25.7 Å². The molecule has 4 rings (SSSR count). The Morgan fingerprint density at radius 3 is 2.29 bits per heavy atom. The van der Waals surface area contributed by atoms with Crippen molar-refractivity contribution in [1.29, 1.82) is 0 Å². The fraction of sp³-hybridized carbons (Fsp3) is 0.360. The highest BCUT2D eigenvalue weighted by Crippen LogP contribution is 2.27. The van der Waals surface area contributed by atoms with Crippen molar-refractivity contribution in [3.05, 3.63) is 72.3 Å². The van der Waals surface area contributed by atoms with Crippen LogP contribution in [0.1, 0.15) is 44.2 Å². The molecule has 180 valence electrons. The second kappa shape index (κ2) is 10.1. The van der Waals surface area contributed by atoms with Gasteiger partial charge in [-0.05, 0) is 74.6 Å². The number of aromatic nitrogens is 2. The average molecular weight is 485 g/mol. The third kappa shape index (κ3) is 5.53. The van der Waals surface area contributed by atoms with Gasteiger partial charge in [-0.2, -0.15) is 0 Å². The molecule has 0 radical (unpaired) electrons. The van der Waals surface area contributed by atoms with Crippen LogP contribution in [0.25, 0.3) is 11.4 Å². The summed E-state index contributed by atoms with van der Waals surface area (Å²) in [6, 6.07) is 12.3. The van der Waals surface area contributed by atoms with Gasteiger partial charge in [-0.1, -0.05) is 12.1 Å². The van der Waals surface area contributed by atoms with Crippen LogP contribution in [-0.2, 0) is 21.9 Å². The third-order valence-electron chi connectivity index (χ3n) is 6.39. The van der Waals surface area contributed by atoms with Gasteiger partial charge in [0.1, 0.15) is 11.6 Å². The van der Waals surface area contributed by atoms with Gasteiger partial charge < -0.3 is 9.88 Å². The van der Waals surface area contributed by atoms with Crippen LogP contribution in [0.4, 0.5) is 4.39 Å². The minimum Gasteiger partial charge on any atom is -0.349 e. The molecule has 1 fully saturated rings. The van der Waals surface area contributed by atoms with E-state index in [1.807, 2.05) is 24.7 Å². The Hall–Kier alpha value is -3.04. The summed E-state index contributed by atoms with van der Waals surface area (Å²) in [5.41, 5.74) is 1.68. The minimum absolute atomic E-state index is 0.0528. The van der Waals surface area contributed by atoms with Crippen molar-refractivity contribution in [3.8, 4) is 11.4 Å². The van der Waals surface area contributed by atoms with Gasteiger partial charge in [-0.3, -0.25) is 4.79 Å². The molecule has 0 spiro atoms. The normalized spacial score (nSPS) is 19.5. The van der Waals surface area contributed by atoms with Crippen LogP contribution in [0.2, 0.25) is 0 Å². The quantitative estimate of drug-likeness (QED) is 0.531. The molecule has 0 bridgehead atoms. The van der Waals surface area contributed by atoms with Crippen molar-refractivity contribution in [2.75, 3.05) is 0 Å². The fourth-order valence-electron chi connectivity index (χ4n) is 4.35. The van der Waals surface area contributed by atoms with Crippen molar-refractivity contribution in [1.82, 2.24) is 19.6 Å². The molecule has 0 unspecified atom stereocenters. The van der Waals surface area contributed by atoms with Crippen LogP contribution < -0.4 is 10.0 Å². The number of amides is 1. The van der Waals surface area contributed by atoms with Gasteiger partial charge in [0.25, 0.3) is 0 Å². The van der Waals surface area contributed by atoms with E-state index in [4.69, 9.17) is 0 Å². The number of carbonyl (C=O) groups excluding carboxylic acids is 1. The van der Waals surface area contributed by atoms with Gasteiger partial charge in [0.05, 0.1) is 10.9 Å². The summed E-state index contributed by atoms with van der Waals surface area (Å²) >= 11 is 0. The summed E-state index contributed by atoms with van der Waals surface area (Å²) in [6.45, 7) is 1.87. The van der Waals surface area contributed by atoms with Crippen LogP contribution in [0.5, 0.6) is 0 Å². The van der Waals surface area contributed by atoms with Crippen LogP contribution in [0, 0.1) is 11.7 Å². The second-order valence-electron chi connectivity index (χ2n) is 8.84. The number of nitrogens with zero attached hydrogens (tertiary/aromatic N) is 2. The molecule has 9 heteroatoms. The molecule has 1 aliphatic carbocycles. The number of aryl methyl sites for hydroxylation is 1. The van der Waals surface area contributed by atoms with Crippen molar-refractivity contribution in [2.24, 2.45) is 13.0 Å². The highest BCUT2D eigenvalue weighted by Gasteiger charge is 2.29. The van der Waals surface area contributed by atoms with E-state index < -0.39 is 10.0 Å². The first-order valence-corrected chi connectivity index (χ1v) is 12.9. The monoisotopic (exact) mass is 484 g/mol. The first-order chi connectivity index (χ1) is 16.2. The van der Waals surface area contributed by atoms with Crippen molar-refractivity contribution in [2.45, 2.75) is 49.6 Å². The maximum Gasteiger partial charge on any atom is 0.240 e. The number of halogens is 1. The number of imidazole rings is 1. The van der Waals surface area contributed by atoms with Gasteiger partial charge in [0, 0.05) is 37.0 Å². The molecule has 1 heterocycles. The van der Waals surface area contributed by atoms with E-state index in [1.165, 1.54) is 12.1 Å². The van der Waals surface area contributed by atoms with E-state index in [9.17, 15) is 17.6 Å². The number of hydrogen-bond donors (Lipinski definition) is 2. The fourth-order valence-corrected chi connectivity index (χ4v) is 5.66. The summed E-state index contributed by atoms with van der Waals surface area (Å²) in [4.78, 5) is 17.2.